The van der Waals surface area contributed by atoms with Crippen molar-refractivity contribution in [1.29, 1.82) is 0 Å². The number of benzene rings is 14. The monoisotopic (exact) mass is 1260 g/mol. The number of para-hydroxylation sites is 5. The molecule has 0 aliphatic carbocycles. The van der Waals surface area contributed by atoms with E-state index in [2.05, 4.69) is 356 Å². The minimum atomic E-state index is -0.325. The van der Waals surface area contributed by atoms with E-state index in [0.29, 0.717) is 0 Å². The topological polar surface area (TPSA) is 29.5 Å². The van der Waals surface area contributed by atoms with E-state index in [9.17, 15) is 0 Å². The van der Waals surface area contributed by atoms with Gasteiger partial charge in [0.05, 0.1) is 33.4 Å². The molecule has 5 heterocycles. The summed E-state index contributed by atoms with van der Waals surface area (Å²) in [6, 6.07) is 116. The molecule has 0 saturated heterocycles. The molecular formula is C92H69BN4O. The lowest BCUT2D eigenvalue weighted by Gasteiger charge is -2.46. The van der Waals surface area contributed by atoms with Gasteiger partial charge in [0.25, 0.3) is 6.71 Å². The predicted molar refractivity (Wildman–Crippen MR) is 415 cm³/mol. The SMILES string of the molecule is CCCCc1cc2oc3ccccc3c2c(-c2ccccc2)c1N1c2cc(-n3c4ccccc4c4ccccc43)ccc2B2c3ccc(-n4c5ccccc5c5ccccc54)cc3N(c3c(-c4ccccc4)cc(-c4ccccc4)cc3-c3ccccc3)c3cc(C(C)(C)C)cc1c32. The number of rotatable bonds is 11. The zero-order chi connectivity index (χ0) is 65.3. The molecule has 2 aliphatic rings. The lowest BCUT2D eigenvalue weighted by atomic mass is 9.33. The van der Waals surface area contributed by atoms with Gasteiger partial charge in [-0.3, -0.25) is 0 Å². The van der Waals surface area contributed by atoms with E-state index in [1.165, 1.54) is 82.4 Å². The van der Waals surface area contributed by atoms with Gasteiger partial charge in [-0.05, 0) is 159 Å². The van der Waals surface area contributed by atoms with E-state index in [1.54, 1.807) is 0 Å². The summed E-state index contributed by atoms with van der Waals surface area (Å²) >= 11 is 0. The van der Waals surface area contributed by atoms with Crippen molar-refractivity contribution < 1.29 is 4.42 Å². The second kappa shape index (κ2) is 22.6. The maximum absolute atomic E-state index is 7.08. The molecule has 0 N–H and O–H groups in total. The van der Waals surface area contributed by atoms with Crippen LogP contribution in [-0.4, -0.2) is 15.8 Å². The van der Waals surface area contributed by atoms with Crippen molar-refractivity contribution in [3.8, 4) is 55.9 Å². The quantitative estimate of drug-likeness (QED) is 0.121. The summed E-state index contributed by atoms with van der Waals surface area (Å²) in [6.07, 6.45) is 2.87. The molecule has 98 heavy (non-hydrogen) atoms. The summed E-state index contributed by atoms with van der Waals surface area (Å²) in [5, 5.41) is 7.14. The van der Waals surface area contributed by atoms with Crippen LogP contribution in [0.4, 0.5) is 34.1 Å². The van der Waals surface area contributed by atoms with E-state index < -0.39 is 0 Å². The summed E-state index contributed by atoms with van der Waals surface area (Å²) in [4.78, 5) is 5.46. The maximum Gasteiger partial charge on any atom is 0.252 e. The molecule has 0 bridgehead atoms. The summed E-state index contributed by atoms with van der Waals surface area (Å²) < 4.78 is 12.1. The van der Waals surface area contributed by atoms with Crippen molar-refractivity contribution in [2.24, 2.45) is 0 Å². The lowest BCUT2D eigenvalue weighted by Crippen LogP contribution is -2.61. The first kappa shape index (κ1) is 57.6. The number of furan rings is 1. The third kappa shape index (κ3) is 8.94. The number of hydrogen-bond acceptors (Lipinski definition) is 3. The molecule has 3 aromatic heterocycles. The van der Waals surface area contributed by atoms with Crippen molar-refractivity contribution >= 4 is 123 Å². The molecule has 14 aromatic carbocycles. The van der Waals surface area contributed by atoms with Gasteiger partial charge in [0.2, 0.25) is 0 Å². The normalized spacial score (nSPS) is 12.8. The molecular weight excluding hydrogens is 1190 g/mol. The molecule has 17 aromatic rings. The van der Waals surface area contributed by atoms with Gasteiger partial charge in [-0.25, -0.2) is 0 Å². The van der Waals surface area contributed by atoms with E-state index >= 15 is 0 Å². The molecule has 0 amide bonds. The first-order valence-corrected chi connectivity index (χ1v) is 34.7. The molecule has 0 radical (unpaired) electrons. The fourth-order valence-corrected chi connectivity index (χ4v) is 16.5. The van der Waals surface area contributed by atoms with Gasteiger partial charge in [0.1, 0.15) is 11.2 Å². The van der Waals surface area contributed by atoms with Gasteiger partial charge in [0, 0.05) is 83.1 Å². The van der Waals surface area contributed by atoms with Crippen LogP contribution in [0.5, 0.6) is 0 Å². The predicted octanol–water partition coefficient (Wildman–Crippen LogP) is 23.2. The Morgan fingerprint density at radius 2 is 0.776 bits per heavy atom. The Morgan fingerprint density at radius 3 is 1.24 bits per heavy atom. The van der Waals surface area contributed by atoms with Crippen LogP contribution in [0.15, 0.2) is 314 Å². The van der Waals surface area contributed by atoms with Crippen molar-refractivity contribution in [3.63, 3.8) is 0 Å². The van der Waals surface area contributed by atoms with Crippen molar-refractivity contribution in [2.75, 3.05) is 9.80 Å². The van der Waals surface area contributed by atoms with Crippen LogP contribution in [0.3, 0.4) is 0 Å². The van der Waals surface area contributed by atoms with Crippen LogP contribution in [0, 0.1) is 0 Å². The Bertz CT molecular complexity index is 5870. The third-order valence-electron chi connectivity index (χ3n) is 21.0. The first-order chi connectivity index (χ1) is 48.3. The smallest absolute Gasteiger partial charge is 0.252 e. The number of unbranched alkanes of at least 4 members (excludes halogenated alkanes) is 1. The highest BCUT2D eigenvalue weighted by molar-refractivity contribution is 7.00. The van der Waals surface area contributed by atoms with Gasteiger partial charge >= 0.3 is 0 Å². The highest BCUT2D eigenvalue weighted by Gasteiger charge is 2.46. The van der Waals surface area contributed by atoms with Crippen molar-refractivity contribution in [1.82, 2.24) is 9.13 Å². The van der Waals surface area contributed by atoms with Crippen LogP contribution >= 0.6 is 0 Å². The minimum Gasteiger partial charge on any atom is -0.456 e. The van der Waals surface area contributed by atoms with Gasteiger partial charge < -0.3 is 23.4 Å². The molecule has 0 fully saturated rings. The molecule has 5 nitrogen and oxygen atoms in total. The summed E-state index contributed by atoms with van der Waals surface area (Å²) in [5.74, 6) is 0. The number of aryl methyl sites for hydroxylation is 1. The molecule has 0 unspecified atom stereocenters. The number of hydrogen-bond donors (Lipinski definition) is 0. The molecule has 0 atom stereocenters. The zero-order valence-electron chi connectivity index (χ0n) is 55.3. The highest BCUT2D eigenvalue weighted by atomic mass is 16.3. The summed E-state index contributed by atoms with van der Waals surface area (Å²) in [6.45, 7) is 9.28. The number of nitrogens with zero attached hydrogens (tertiary/aromatic N) is 4. The third-order valence-corrected chi connectivity index (χ3v) is 21.0. The molecule has 0 spiro atoms. The molecule has 6 heteroatoms. The Kier molecular flexibility index (Phi) is 13.3. The highest BCUT2D eigenvalue weighted by Crippen LogP contribution is 2.56. The first-order valence-electron chi connectivity index (χ1n) is 34.7. The average molecular weight is 1260 g/mol. The van der Waals surface area contributed by atoms with E-state index in [1.807, 2.05) is 0 Å². The van der Waals surface area contributed by atoms with Crippen LogP contribution in [0.1, 0.15) is 51.7 Å². The van der Waals surface area contributed by atoms with Crippen LogP contribution in [0.25, 0.3) is 121 Å². The zero-order valence-corrected chi connectivity index (χ0v) is 55.3. The van der Waals surface area contributed by atoms with Crippen LogP contribution < -0.4 is 26.2 Å². The second-order valence-electron chi connectivity index (χ2n) is 27.7. The Hall–Kier alpha value is -11.9. The standard InChI is InChI=1S/C92H69BN4O/c1-5-6-29-63-54-86-88(72-42-23-28-47-85(72)98-86)87(62-36-17-10-18-37-62)90(63)96-81-57-66(94-77-43-24-19-38-68(77)69-39-20-25-44-78(69)94)48-50-75(81)93-76-51-49-67(95-79-45-26-21-40-70(79)71-41-22-27-46-80(71)95)58-82(76)97(84-56-65(92(2,3)4)55-83(96)89(84)93)91-73(60-32-13-8-14-33-60)52-64(59-30-11-7-12-31-59)53-74(91)61-34-15-9-16-35-61/h7-28,30-58H,5-6,29H2,1-4H3. The Balaban J connectivity index is 1.01. The number of fused-ring (bicyclic) bond motifs is 13. The molecule has 0 saturated carbocycles. The Labute approximate surface area is 571 Å². The number of anilines is 6. The fraction of sp³-hybridized carbons (Fsp3) is 0.0870. The summed E-state index contributed by atoms with van der Waals surface area (Å²) in [5.41, 5.74) is 30.6. The van der Waals surface area contributed by atoms with Gasteiger partial charge in [-0.15, -0.1) is 0 Å². The molecule has 19 rings (SSSR count). The van der Waals surface area contributed by atoms with Crippen LogP contribution in [0.2, 0.25) is 0 Å². The Morgan fingerprint density at radius 1 is 0.357 bits per heavy atom. The molecule has 2 aliphatic heterocycles. The van der Waals surface area contributed by atoms with Crippen molar-refractivity contribution in [2.45, 2.75) is 52.4 Å². The van der Waals surface area contributed by atoms with Crippen LogP contribution in [-0.2, 0) is 11.8 Å². The van der Waals surface area contributed by atoms with Gasteiger partial charge in [0.15, 0.2) is 0 Å². The fourth-order valence-electron chi connectivity index (χ4n) is 16.5. The van der Waals surface area contributed by atoms with Gasteiger partial charge in [-0.1, -0.05) is 259 Å². The maximum atomic E-state index is 7.08. The number of aromatic nitrogens is 2. The average Bonchev–Trinajstić information content (AvgIpc) is 0.872. The lowest BCUT2D eigenvalue weighted by molar-refractivity contribution is 0.590. The van der Waals surface area contributed by atoms with E-state index in [0.717, 1.165) is 120 Å². The minimum absolute atomic E-state index is 0.229. The summed E-state index contributed by atoms with van der Waals surface area (Å²) in [7, 11) is 0. The largest absolute Gasteiger partial charge is 0.456 e. The van der Waals surface area contributed by atoms with E-state index in [-0.39, 0.29) is 12.1 Å². The second-order valence-corrected chi connectivity index (χ2v) is 27.7. The van der Waals surface area contributed by atoms with Gasteiger partial charge in [-0.2, -0.15) is 0 Å². The molecule has 466 valence electrons. The van der Waals surface area contributed by atoms with Crippen molar-refractivity contribution in [3.05, 3.63) is 321 Å². The van der Waals surface area contributed by atoms with E-state index in [4.69, 9.17) is 4.42 Å².